The third kappa shape index (κ3) is 3.54. The second kappa shape index (κ2) is 6.84. The van der Waals surface area contributed by atoms with E-state index in [1.165, 1.54) is 12.0 Å². The van der Waals surface area contributed by atoms with E-state index in [1.54, 1.807) is 17.8 Å². The van der Waals surface area contributed by atoms with Crippen molar-refractivity contribution in [1.82, 2.24) is 4.98 Å². The van der Waals surface area contributed by atoms with Gasteiger partial charge in [0.25, 0.3) is 0 Å². The van der Waals surface area contributed by atoms with Crippen molar-refractivity contribution < 1.29 is 9.53 Å². The van der Waals surface area contributed by atoms with E-state index in [4.69, 9.17) is 4.74 Å². The summed E-state index contributed by atoms with van der Waals surface area (Å²) in [5.41, 5.74) is 3.70. The molecule has 1 heterocycles. The van der Waals surface area contributed by atoms with Gasteiger partial charge in [-0.25, -0.2) is 4.79 Å². The molecule has 0 saturated heterocycles. The number of ether oxygens (including phenoxy) is 1. The van der Waals surface area contributed by atoms with Crippen LogP contribution in [0.1, 0.15) is 21.6 Å². The number of esters is 1. The number of rotatable bonds is 4. The van der Waals surface area contributed by atoms with Gasteiger partial charge in [-0.1, -0.05) is 30.3 Å². The van der Waals surface area contributed by atoms with E-state index >= 15 is 0 Å². The summed E-state index contributed by atoms with van der Waals surface area (Å²) in [5, 5.41) is 1.16. The van der Waals surface area contributed by atoms with Crippen LogP contribution in [0, 0.1) is 6.92 Å². The summed E-state index contributed by atoms with van der Waals surface area (Å²) in [6.07, 6.45) is 0. The molecule has 0 unspecified atom stereocenters. The highest BCUT2D eigenvalue weighted by atomic mass is 32.2. The number of thioether (sulfide) groups is 1. The summed E-state index contributed by atoms with van der Waals surface area (Å²) < 4.78 is 4.77. The van der Waals surface area contributed by atoms with Gasteiger partial charge in [-0.05, 0) is 36.8 Å². The lowest BCUT2D eigenvalue weighted by Gasteiger charge is -2.08. The lowest BCUT2D eigenvalue weighted by Crippen LogP contribution is -2.01. The van der Waals surface area contributed by atoms with Gasteiger partial charge in [0.1, 0.15) is 0 Å². The van der Waals surface area contributed by atoms with Gasteiger partial charge < -0.3 is 4.74 Å². The third-order valence-corrected chi connectivity index (χ3v) is 4.68. The minimum atomic E-state index is -0.304. The molecule has 3 nitrogen and oxygen atoms in total. The fourth-order valence-corrected chi connectivity index (χ4v) is 3.54. The Morgan fingerprint density at radius 1 is 1.13 bits per heavy atom. The number of carbonyl (C=O) groups excluding carboxylic acids is 1. The first-order valence-corrected chi connectivity index (χ1v) is 8.32. The molecular weight excluding hydrogens is 306 g/mol. The van der Waals surface area contributed by atoms with E-state index in [2.05, 4.69) is 17.1 Å². The Kier molecular flexibility index (Phi) is 4.63. The number of aryl methyl sites for hydroxylation is 1. The highest BCUT2D eigenvalue weighted by Crippen LogP contribution is 2.30. The highest BCUT2D eigenvalue weighted by molar-refractivity contribution is 7.98. The number of carbonyl (C=O) groups is 1. The number of nitrogens with zero attached hydrogens (tertiary/aromatic N) is 1. The number of hydrogen-bond donors (Lipinski definition) is 0. The smallest absolute Gasteiger partial charge is 0.337 e. The van der Waals surface area contributed by atoms with Gasteiger partial charge in [0.15, 0.2) is 0 Å². The van der Waals surface area contributed by atoms with E-state index in [-0.39, 0.29) is 5.97 Å². The second-order valence-electron chi connectivity index (χ2n) is 5.26. The van der Waals surface area contributed by atoms with Crippen LogP contribution in [-0.2, 0) is 10.5 Å². The molecule has 0 fully saturated rings. The highest BCUT2D eigenvalue weighted by Gasteiger charge is 2.08. The van der Waals surface area contributed by atoms with Crippen molar-refractivity contribution in [2.24, 2.45) is 0 Å². The van der Waals surface area contributed by atoms with E-state index in [0.29, 0.717) is 5.56 Å². The van der Waals surface area contributed by atoms with Crippen LogP contribution in [-0.4, -0.2) is 18.1 Å². The van der Waals surface area contributed by atoms with Gasteiger partial charge >= 0.3 is 5.97 Å². The van der Waals surface area contributed by atoms with Crippen LogP contribution in [0.15, 0.2) is 59.5 Å². The minimum absolute atomic E-state index is 0.304. The van der Waals surface area contributed by atoms with E-state index in [1.807, 2.05) is 43.3 Å². The standard InChI is InChI=1S/C19H17NO2S/c1-13-10-18(16-8-3-4-9-17(16)20-13)23-12-14-6-5-7-15(11-14)19(21)22-2/h3-11H,12H2,1-2H3. The molecule has 0 saturated carbocycles. The van der Waals surface area contributed by atoms with Crippen LogP contribution < -0.4 is 0 Å². The summed E-state index contributed by atoms with van der Waals surface area (Å²) in [7, 11) is 1.40. The normalized spacial score (nSPS) is 10.7. The first kappa shape index (κ1) is 15.6. The monoisotopic (exact) mass is 323 g/mol. The molecule has 3 aromatic rings. The average Bonchev–Trinajstić information content (AvgIpc) is 2.59. The first-order chi connectivity index (χ1) is 11.2. The third-order valence-electron chi connectivity index (χ3n) is 3.55. The van der Waals surface area contributed by atoms with Crippen LogP contribution in [0.4, 0.5) is 0 Å². The maximum absolute atomic E-state index is 11.6. The number of fused-ring (bicyclic) bond motifs is 1. The lowest BCUT2D eigenvalue weighted by atomic mass is 10.1. The van der Waals surface area contributed by atoms with Crippen molar-refractivity contribution in [1.29, 1.82) is 0 Å². The van der Waals surface area contributed by atoms with Crippen LogP contribution in [0.3, 0.4) is 0 Å². The lowest BCUT2D eigenvalue weighted by molar-refractivity contribution is 0.0600. The fraction of sp³-hybridized carbons (Fsp3) is 0.158. The Hall–Kier alpha value is -2.33. The zero-order chi connectivity index (χ0) is 16.2. The predicted octanol–water partition coefficient (Wildman–Crippen LogP) is 4.62. The second-order valence-corrected chi connectivity index (χ2v) is 6.28. The number of benzene rings is 2. The number of hydrogen-bond acceptors (Lipinski definition) is 4. The van der Waals surface area contributed by atoms with E-state index < -0.39 is 0 Å². The Bertz CT molecular complexity index is 861. The van der Waals surface area contributed by atoms with Crippen molar-refractivity contribution in [2.75, 3.05) is 7.11 Å². The van der Waals surface area contributed by atoms with Gasteiger partial charge in [0.05, 0.1) is 18.2 Å². The summed E-state index contributed by atoms with van der Waals surface area (Å²) in [4.78, 5) is 17.4. The van der Waals surface area contributed by atoms with E-state index in [0.717, 1.165) is 27.9 Å². The van der Waals surface area contributed by atoms with Gasteiger partial charge in [0.2, 0.25) is 0 Å². The summed E-state index contributed by atoms with van der Waals surface area (Å²) in [6, 6.07) is 17.8. The summed E-state index contributed by atoms with van der Waals surface area (Å²) in [5.74, 6) is 0.486. The molecule has 4 heteroatoms. The molecule has 0 atom stereocenters. The maximum atomic E-state index is 11.6. The van der Waals surface area contributed by atoms with Gasteiger partial charge in [-0.2, -0.15) is 0 Å². The van der Waals surface area contributed by atoms with Gasteiger partial charge in [-0.15, -0.1) is 11.8 Å². The number of methoxy groups -OCH3 is 1. The van der Waals surface area contributed by atoms with Crippen molar-refractivity contribution in [3.63, 3.8) is 0 Å². The van der Waals surface area contributed by atoms with E-state index in [9.17, 15) is 4.79 Å². The Labute approximate surface area is 139 Å². The first-order valence-electron chi connectivity index (χ1n) is 7.34. The number of aromatic nitrogens is 1. The molecule has 0 bridgehead atoms. The SMILES string of the molecule is COC(=O)c1cccc(CSc2cc(C)nc3ccccc23)c1. The molecule has 2 aromatic carbocycles. The molecule has 0 N–H and O–H groups in total. The molecule has 0 aliphatic heterocycles. The van der Waals surface area contributed by atoms with Crippen LogP contribution in [0.25, 0.3) is 10.9 Å². The quantitative estimate of drug-likeness (QED) is 0.519. The Balaban J connectivity index is 1.85. The van der Waals surface area contributed by atoms with Crippen LogP contribution in [0.5, 0.6) is 0 Å². The minimum Gasteiger partial charge on any atom is -0.465 e. The molecule has 3 rings (SSSR count). The number of para-hydroxylation sites is 1. The summed E-state index contributed by atoms with van der Waals surface area (Å²) >= 11 is 1.75. The van der Waals surface area contributed by atoms with Crippen molar-refractivity contribution in [3.8, 4) is 0 Å². The van der Waals surface area contributed by atoms with Crippen LogP contribution >= 0.6 is 11.8 Å². The largest absolute Gasteiger partial charge is 0.465 e. The zero-order valence-corrected chi connectivity index (χ0v) is 13.9. The Morgan fingerprint density at radius 3 is 2.78 bits per heavy atom. The molecule has 0 radical (unpaired) electrons. The molecule has 0 aliphatic rings. The fourth-order valence-electron chi connectivity index (χ4n) is 2.46. The van der Waals surface area contributed by atoms with Crippen LogP contribution in [0.2, 0.25) is 0 Å². The topological polar surface area (TPSA) is 39.2 Å². The molecule has 0 spiro atoms. The van der Waals surface area contributed by atoms with Crippen molar-refractivity contribution in [3.05, 3.63) is 71.4 Å². The zero-order valence-electron chi connectivity index (χ0n) is 13.1. The van der Waals surface area contributed by atoms with Gasteiger partial charge in [-0.3, -0.25) is 4.98 Å². The summed E-state index contributed by atoms with van der Waals surface area (Å²) in [6.45, 7) is 2.01. The average molecular weight is 323 g/mol. The van der Waals surface area contributed by atoms with Crippen molar-refractivity contribution in [2.45, 2.75) is 17.6 Å². The van der Waals surface area contributed by atoms with Gasteiger partial charge in [0, 0.05) is 21.7 Å². The molecule has 1 aromatic heterocycles. The molecule has 116 valence electrons. The predicted molar refractivity (Wildman–Crippen MR) is 93.8 cm³/mol. The molecule has 0 aliphatic carbocycles. The maximum Gasteiger partial charge on any atom is 0.337 e. The molecule has 23 heavy (non-hydrogen) atoms. The van der Waals surface area contributed by atoms with Crippen molar-refractivity contribution >= 4 is 28.6 Å². The molecule has 0 amide bonds. The Morgan fingerprint density at radius 2 is 1.96 bits per heavy atom. The number of pyridine rings is 1. The molecular formula is C19H17NO2S.